The number of nitrogens with zero attached hydrogens (tertiary/aromatic N) is 2. The number of anilines is 1. The highest BCUT2D eigenvalue weighted by atomic mass is 16.5. The molecule has 1 N–H and O–H groups in total. The third kappa shape index (κ3) is 4.78. The van der Waals surface area contributed by atoms with Crippen molar-refractivity contribution >= 4 is 11.6 Å². The molecule has 4 rings (SSSR count). The van der Waals surface area contributed by atoms with E-state index in [2.05, 4.69) is 63.6 Å². The number of hydrogen-bond donors (Lipinski definition) is 1. The van der Waals surface area contributed by atoms with Crippen molar-refractivity contribution in [1.82, 2.24) is 10.2 Å². The van der Waals surface area contributed by atoms with Gasteiger partial charge in [-0.25, -0.2) is 0 Å². The van der Waals surface area contributed by atoms with E-state index in [1.807, 2.05) is 32.3 Å². The monoisotopic (exact) mass is 429 g/mol. The first kappa shape index (κ1) is 21.9. The van der Waals surface area contributed by atoms with Crippen molar-refractivity contribution in [2.45, 2.75) is 19.0 Å². The SMILES string of the molecule is COc1ccccc1C(=O)NC[C@@H](c1ccc(N(C)C)cc1)N1CCc2ccccc2C1. The van der Waals surface area contributed by atoms with Gasteiger partial charge in [0.1, 0.15) is 5.75 Å². The van der Waals surface area contributed by atoms with E-state index in [0.29, 0.717) is 17.9 Å². The summed E-state index contributed by atoms with van der Waals surface area (Å²) in [6.45, 7) is 2.36. The number of carbonyl (C=O) groups excluding carboxylic acids is 1. The van der Waals surface area contributed by atoms with Crippen molar-refractivity contribution in [3.63, 3.8) is 0 Å². The molecule has 32 heavy (non-hydrogen) atoms. The maximum absolute atomic E-state index is 13.0. The van der Waals surface area contributed by atoms with Gasteiger partial charge >= 0.3 is 0 Å². The van der Waals surface area contributed by atoms with Crippen LogP contribution in [0.1, 0.15) is 33.1 Å². The van der Waals surface area contributed by atoms with Crippen molar-refractivity contribution < 1.29 is 9.53 Å². The summed E-state index contributed by atoms with van der Waals surface area (Å²) in [5.74, 6) is 0.471. The molecular weight excluding hydrogens is 398 g/mol. The second-order valence-corrected chi connectivity index (χ2v) is 8.40. The fourth-order valence-electron chi connectivity index (χ4n) is 4.35. The summed E-state index contributed by atoms with van der Waals surface area (Å²) in [4.78, 5) is 17.5. The number of carbonyl (C=O) groups is 1. The number of hydrogen-bond acceptors (Lipinski definition) is 4. The first-order valence-electron chi connectivity index (χ1n) is 11.1. The van der Waals surface area contributed by atoms with E-state index in [4.69, 9.17) is 4.74 Å². The van der Waals surface area contributed by atoms with Crippen molar-refractivity contribution in [2.24, 2.45) is 0 Å². The van der Waals surface area contributed by atoms with Gasteiger partial charge in [0.2, 0.25) is 0 Å². The quantitative estimate of drug-likeness (QED) is 0.609. The number of benzene rings is 3. The van der Waals surface area contributed by atoms with Gasteiger partial charge in [0, 0.05) is 39.4 Å². The zero-order valence-electron chi connectivity index (χ0n) is 19.0. The molecule has 0 spiro atoms. The molecule has 0 fully saturated rings. The average molecular weight is 430 g/mol. The summed E-state index contributed by atoms with van der Waals surface area (Å²) in [5.41, 5.74) is 5.71. The first-order valence-corrected chi connectivity index (χ1v) is 11.1. The topological polar surface area (TPSA) is 44.8 Å². The Labute approximate surface area is 190 Å². The number of nitrogens with one attached hydrogen (secondary N) is 1. The Morgan fingerprint density at radius 2 is 1.69 bits per heavy atom. The van der Waals surface area contributed by atoms with Crippen LogP contribution in [-0.2, 0) is 13.0 Å². The third-order valence-corrected chi connectivity index (χ3v) is 6.20. The minimum atomic E-state index is -0.116. The van der Waals surface area contributed by atoms with Crippen LogP contribution in [0.3, 0.4) is 0 Å². The standard InChI is InChI=1S/C27H31N3O2/c1-29(2)23-14-12-21(13-15-23)25(30-17-16-20-8-4-5-9-22(20)19-30)18-28-27(31)24-10-6-7-11-26(24)32-3/h4-15,25H,16-19H2,1-3H3,(H,28,31)/t25-/m0/s1. The predicted octanol–water partition coefficient (Wildman–Crippen LogP) is 4.29. The molecule has 3 aromatic rings. The lowest BCUT2D eigenvalue weighted by atomic mass is 9.96. The zero-order valence-corrected chi connectivity index (χ0v) is 19.0. The number of para-hydroxylation sites is 1. The van der Waals surface area contributed by atoms with Crippen molar-refractivity contribution in [3.8, 4) is 5.75 Å². The van der Waals surface area contributed by atoms with E-state index in [1.165, 1.54) is 16.7 Å². The molecule has 3 aromatic carbocycles. The third-order valence-electron chi connectivity index (χ3n) is 6.20. The molecule has 1 amide bonds. The number of fused-ring (bicyclic) bond motifs is 1. The first-order chi connectivity index (χ1) is 15.6. The number of methoxy groups -OCH3 is 1. The fraction of sp³-hybridized carbons (Fsp3) is 0.296. The van der Waals surface area contributed by atoms with E-state index in [9.17, 15) is 4.79 Å². The van der Waals surface area contributed by atoms with Crippen LogP contribution in [0.5, 0.6) is 5.75 Å². The van der Waals surface area contributed by atoms with Crippen LogP contribution in [0.4, 0.5) is 5.69 Å². The van der Waals surface area contributed by atoms with Gasteiger partial charge in [0.15, 0.2) is 0 Å². The minimum absolute atomic E-state index is 0.0817. The van der Waals surface area contributed by atoms with Gasteiger partial charge in [-0.3, -0.25) is 9.69 Å². The Morgan fingerprint density at radius 1 is 1.00 bits per heavy atom. The molecule has 0 saturated heterocycles. The number of rotatable bonds is 7. The Bertz CT molecular complexity index is 1060. The second-order valence-electron chi connectivity index (χ2n) is 8.40. The van der Waals surface area contributed by atoms with Crippen molar-refractivity contribution in [3.05, 3.63) is 95.1 Å². The Hall–Kier alpha value is -3.31. The van der Waals surface area contributed by atoms with Crippen LogP contribution >= 0.6 is 0 Å². The van der Waals surface area contributed by atoms with E-state index in [0.717, 1.165) is 25.2 Å². The maximum Gasteiger partial charge on any atom is 0.255 e. The molecule has 0 aromatic heterocycles. The summed E-state index contributed by atoms with van der Waals surface area (Å²) in [5, 5.41) is 3.16. The predicted molar refractivity (Wildman–Crippen MR) is 129 cm³/mol. The van der Waals surface area contributed by atoms with Crippen LogP contribution in [-0.4, -0.2) is 45.1 Å². The van der Waals surface area contributed by atoms with Gasteiger partial charge in [0.25, 0.3) is 5.91 Å². The summed E-state index contributed by atoms with van der Waals surface area (Å²) in [7, 11) is 5.68. The molecule has 5 nitrogen and oxygen atoms in total. The molecule has 166 valence electrons. The van der Waals surface area contributed by atoms with Crippen LogP contribution in [0.15, 0.2) is 72.8 Å². The lowest BCUT2D eigenvalue weighted by Gasteiger charge is -2.36. The van der Waals surface area contributed by atoms with Gasteiger partial charge < -0.3 is 15.0 Å². The van der Waals surface area contributed by atoms with Gasteiger partial charge in [-0.05, 0) is 47.4 Å². The lowest BCUT2D eigenvalue weighted by Crippen LogP contribution is -2.40. The normalized spacial score (nSPS) is 14.3. The van der Waals surface area contributed by atoms with Crippen LogP contribution < -0.4 is 15.0 Å². The Kier molecular flexibility index (Phi) is 6.76. The molecular formula is C27H31N3O2. The largest absolute Gasteiger partial charge is 0.496 e. The van der Waals surface area contributed by atoms with E-state index >= 15 is 0 Å². The number of ether oxygens (including phenoxy) is 1. The van der Waals surface area contributed by atoms with Crippen LogP contribution in [0.2, 0.25) is 0 Å². The van der Waals surface area contributed by atoms with Crippen molar-refractivity contribution in [2.75, 3.05) is 39.2 Å². The molecule has 1 aliphatic rings. The fourth-order valence-corrected chi connectivity index (χ4v) is 4.35. The summed E-state index contributed by atoms with van der Waals surface area (Å²) >= 11 is 0. The van der Waals surface area contributed by atoms with E-state index in [1.54, 1.807) is 13.2 Å². The smallest absolute Gasteiger partial charge is 0.255 e. The molecule has 0 aliphatic carbocycles. The molecule has 0 bridgehead atoms. The van der Waals surface area contributed by atoms with Gasteiger partial charge in [-0.15, -0.1) is 0 Å². The van der Waals surface area contributed by atoms with Crippen LogP contribution in [0, 0.1) is 0 Å². The highest BCUT2D eigenvalue weighted by Crippen LogP contribution is 2.29. The minimum Gasteiger partial charge on any atom is -0.496 e. The summed E-state index contributed by atoms with van der Waals surface area (Å²) < 4.78 is 5.37. The average Bonchev–Trinajstić information content (AvgIpc) is 2.84. The van der Waals surface area contributed by atoms with E-state index in [-0.39, 0.29) is 11.9 Å². The number of amides is 1. The van der Waals surface area contributed by atoms with Gasteiger partial charge in [0.05, 0.1) is 18.7 Å². The van der Waals surface area contributed by atoms with Gasteiger partial charge in [-0.2, -0.15) is 0 Å². The molecule has 0 saturated carbocycles. The molecule has 1 atom stereocenters. The van der Waals surface area contributed by atoms with Crippen LogP contribution in [0.25, 0.3) is 0 Å². The summed E-state index contributed by atoms with van der Waals surface area (Å²) in [6.07, 6.45) is 1.02. The molecule has 5 heteroatoms. The zero-order chi connectivity index (χ0) is 22.5. The molecule has 0 radical (unpaired) electrons. The molecule has 1 heterocycles. The highest BCUT2D eigenvalue weighted by Gasteiger charge is 2.26. The molecule has 0 unspecified atom stereocenters. The van der Waals surface area contributed by atoms with E-state index < -0.39 is 0 Å². The van der Waals surface area contributed by atoms with Crippen molar-refractivity contribution in [1.29, 1.82) is 0 Å². The molecule has 1 aliphatic heterocycles. The summed E-state index contributed by atoms with van der Waals surface area (Å²) in [6, 6.07) is 24.7. The highest BCUT2D eigenvalue weighted by molar-refractivity contribution is 5.96. The Balaban J connectivity index is 1.57. The maximum atomic E-state index is 13.0. The van der Waals surface area contributed by atoms with Gasteiger partial charge in [-0.1, -0.05) is 48.5 Å². The Morgan fingerprint density at radius 3 is 2.41 bits per heavy atom. The second kappa shape index (κ2) is 9.88. The lowest BCUT2D eigenvalue weighted by molar-refractivity contribution is 0.0925.